The number of amides is 1. The number of hydrogen-bond acceptors (Lipinski definition) is 6. The molecular weight excluding hydrogens is 434 g/mol. The van der Waals surface area contributed by atoms with E-state index < -0.39 is 12.0 Å². The van der Waals surface area contributed by atoms with Crippen molar-refractivity contribution in [2.75, 3.05) is 12.4 Å². The van der Waals surface area contributed by atoms with Gasteiger partial charge in [-0.05, 0) is 41.5 Å². The van der Waals surface area contributed by atoms with Crippen molar-refractivity contribution in [3.05, 3.63) is 88.1 Å². The van der Waals surface area contributed by atoms with Crippen molar-refractivity contribution in [1.82, 2.24) is 4.90 Å². The average Bonchev–Trinajstić information content (AvgIpc) is 3.20. The first-order valence-electron chi connectivity index (χ1n) is 10.9. The van der Waals surface area contributed by atoms with Crippen LogP contribution in [-0.2, 0) is 14.3 Å². The largest absolute Gasteiger partial charge is 0.466 e. The normalized spacial score (nSPS) is 17.5. The van der Waals surface area contributed by atoms with Crippen LogP contribution in [0.4, 0.5) is 5.69 Å². The Hall–Kier alpha value is -3.32. The summed E-state index contributed by atoms with van der Waals surface area (Å²) in [6.07, 6.45) is 0.161. The Balaban J connectivity index is 1.59. The Morgan fingerprint density at radius 3 is 2.45 bits per heavy atom. The molecule has 6 nitrogen and oxygen atoms in total. The van der Waals surface area contributed by atoms with Crippen LogP contribution in [-0.4, -0.2) is 29.1 Å². The van der Waals surface area contributed by atoms with Crippen molar-refractivity contribution in [3.63, 3.8) is 0 Å². The lowest BCUT2D eigenvalue weighted by atomic mass is 9.94. The molecule has 1 amide bonds. The molecule has 0 aromatic heterocycles. The summed E-state index contributed by atoms with van der Waals surface area (Å²) in [5.41, 5.74) is 4.80. The van der Waals surface area contributed by atoms with Crippen LogP contribution in [0.1, 0.15) is 50.3 Å². The van der Waals surface area contributed by atoms with Crippen LogP contribution in [0.3, 0.4) is 0 Å². The van der Waals surface area contributed by atoms with E-state index in [1.165, 1.54) is 24.4 Å². The zero-order chi connectivity index (χ0) is 23.5. The third kappa shape index (κ3) is 4.73. The molecule has 7 heteroatoms. The number of carbonyl (C=O) groups is 2. The van der Waals surface area contributed by atoms with E-state index in [9.17, 15) is 9.59 Å². The van der Waals surface area contributed by atoms with E-state index in [4.69, 9.17) is 4.74 Å². The van der Waals surface area contributed by atoms with E-state index in [1.807, 2.05) is 71.8 Å². The van der Waals surface area contributed by atoms with Crippen LogP contribution in [0, 0.1) is 0 Å². The molecule has 0 fully saturated rings. The number of benzene rings is 2. The maximum atomic E-state index is 12.9. The number of allylic oxidation sites excluding steroid dienone is 1. The first kappa shape index (κ1) is 22.9. The van der Waals surface area contributed by atoms with E-state index in [2.05, 4.69) is 24.2 Å². The first-order valence-corrected chi connectivity index (χ1v) is 11.7. The number of nitrogens with zero attached hydrogens (tertiary/aromatic N) is 2. The second kappa shape index (κ2) is 9.67. The number of thioether (sulfide) groups is 1. The Morgan fingerprint density at radius 2 is 1.82 bits per heavy atom. The molecule has 0 spiro atoms. The lowest BCUT2D eigenvalue weighted by Gasteiger charge is -2.36. The summed E-state index contributed by atoms with van der Waals surface area (Å²) in [7, 11) is 1.37. The van der Waals surface area contributed by atoms with Gasteiger partial charge in [0.2, 0.25) is 5.91 Å². The lowest BCUT2D eigenvalue weighted by Crippen LogP contribution is -2.37. The van der Waals surface area contributed by atoms with Crippen LogP contribution in [0.5, 0.6) is 0 Å². The molecule has 0 saturated heterocycles. The highest BCUT2D eigenvalue weighted by Crippen LogP contribution is 2.44. The number of nitrogens with one attached hydrogen (secondary N) is 1. The zero-order valence-electron chi connectivity index (χ0n) is 19.2. The van der Waals surface area contributed by atoms with Gasteiger partial charge < -0.3 is 15.0 Å². The summed E-state index contributed by atoms with van der Waals surface area (Å²) >= 11 is 1.46. The molecule has 4 rings (SSSR count). The Kier molecular flexibility index (Phi) is 6.70. The van der Waals surface area contributed by atoms with Crippen molar-refractivity contribution in [2.45, 2.75) is 39.2 Å². The van der Waals surface area contributed by atoms with Crippen LogP contribution in [0.2, 0.25) is 0 Å². The predicted octanol–water partition coefficient (Wildman–Crippen LogP) is 5.59. The molecule has 2 aliphatic heterocycles. The van der Waals surface area contributed by atoms with Crippen LogP contribution in [0.15, 0.2) is 82.0 Å². The molecule has 2 aromatic rings. The average molecular weight is 462 g/mol. The van der Waals surface area contributed by atoms with Gasteiger partial charge in [0.15, 0.2) is 5.17 Å². The van der Waals surface area contributed by atoms with Gasteiger partial charge in [-0.1, -0.05) is 68.1 Å². The summed E-state index contributed by atoms with van der Waals surface area (Å²) in [6, 6.07) is 17.2. The van der Waals surface area contributed by atoms with Crippen molar-refractivity contribution in [1.29, 1.82) is 0 Å². The Labute approximate surface area is 198 Å². The first-order chi connectivity index (χ1) is 15.9. The summed E-state index contributed by atoms with van der Waals surface area (Å²) in [5.74, 6) is -0.115. The second-order valence-corrected chi connectivity index (χ2v) is 9.13. The Morgan fingerprint density at radius 1 is 1.12 bits per heavy atom. The highest BCUT2D eigenvalue weighted by molar-refractivity contribution is 8.16. The monoisotopic (exact) mass is 461 g/mol. The minimum atomic E-state index is -0.421. The predicted molar refractivity (Wildman–Crippen MR) is 133 cm³/mol. The highest BCUT2D eigenvalue weighted by Gasteiger charge is 2.40. The van der Waals surface area contributed by atoms with E-state index >= 15 is 0 Å². The fourth-order valence-corrected chi connectivity index (χ4v) is 4.98. The number of rotatable bonds is 6. The SMILES string of the molecule is COC(=O)C1=C(C)N=C2SC=C(CC(=O)Nc3ccc(C(C)C)cc3)N2[C@@H]1c1ccccc1. The summed E-state index contributed by atoms with van der Waals surface area (Å²) in [4.78, 5) is 32.2. The second-order valence-electron chi connectivity index (χ2n) is 8.30. The minimum Gasteiger partial charge on any atom is -0.466 e. The number of esters is 1. The molecule has 33 heavy (non-hydrogen) atoms. The van der Waals surface area contributed by atoms with Gasteiger partial charge in [0.1, 0.15) is 0 Å². The summed E-state index contributed by atoms with van der Waals surface area (Å²) in [5, 5.41) is 5.66. The van der Waals surface area contributed by atoms with E-state index in [1.54, 1.807) is 0 Å². The number of carbonyl (C=O) groups excluding carboxylic acids is 2. The molecule has 2 aliphatic rings. The molecule has 0 unspecified atom stereocenters. The van der Waals surface area contributed by atoms with Crippen molar-refractivity contribution in [2.24, 2.45) is 4.99 Å². The van der Waals surface area contributed by atoms with Crippen LogP contribution in [0.25, 0.3) is 0 Å². The summed E-state index contributed by atoms with van der Waals surface area (Å²) in [6.45, 7) is 6.09. The van der Waals surface area contributed by atoms with Crippen LogP contribution >= 0.6 is 11.8 Å². The van der Waals surface area contributed by atoms with Gasteiger partial charge in [-0.3, -0.25) is 4.79 Å². The number of ether oxygens (including phenoxy) is 1. The molecule has 2 heterocycles. The molecule has 1 N–H and O–H groups in total. The van der Waals surface area contributed by atoms with Gasteiger partial charge >= 0.3 is 5.97 Å². The quantitative estimate of drug-likeness (QED) is 0.568. The van der Waals surface area contributed by atoms with Gasteiger partial charge in [0.05, 0.1) is 30.8 Å². The third-order valence-corrected chi connectivity index (χ3v) is 6.61. The van der Waals surface area contributed by atoms with E-state index in [-0.39, 0.29) is 12.3 Å². The third-order valence-electron chi connectivity index (χ3n) is 5.72. The minimum absolute atomic E-state index is 0.127. The maximum absolute atomic E-state index is 12.9. The van der Waals surface area contributed by atoms with Crippen LogP contribution < -0.4 is 5.32 Å². The number of anilines is 1. The molecule has 2 aromatic carbocycles. The Bertz CT molecular complexity index is 1150. The highest BCUT2D eigenvalue weighted by atomic mass is 32.2. The topological polar surface area (TPSA) is 71.0 Å². The number of hydrogen-bond donors (Lipinski definition) is 1. The summed E-state index contributed by atoms with van der Waals surface area (Å²) < 4.78 is 5.08. The molecule has 170 valence electrons. The number of amidine groups is 1. The standard InChI is InChI=1S/C26H27N3O3S/c1-16(2)18-10-12-20(13-11-18)28-22(30)14-21-15-33-26-27-17(3)23(25(31)32-4)24(29(21)26)19-8-6-5-7-9-19/h5-13,15-16,24H,14H2,1-4H3,(H,28,30)/t24-/m1/s1. The van der Waals surface area contributed by atoms with Crippen molar-refractivity contribution < 1.29 is 14.3 Å². The fourth-order valence-electron chi connectivity index (χ4n) is 4.01. The van der Waals surface area contributed by atoms with Gasteiger partial charge in [-0.2, -0.15) is 0 Å². The van der Waals surface area contributed by atoms with Gasteiger partial charge in [0, 0.05) is 11.4 Å². The van der Waals surface area contributed by atoms with E-state index in [0.717, 1.165) is 22.1 Å². The molecular formula is C26H27N3O3S. The lowest BCUT2D eigenvalue weighted by molar-refractivity contribution is -0.136. The number of aliphatic imine (C=N–C) groups is 1. The number of methoxy groups -OCH3 is 1. The zero-order valence-corrected chi connectivity index (χ0v) is 20.0. The van der Waals surface area contributed by atoms with E-state index in [0.29, 0.717) is 17.2 Å². The van der Waals surface area contributed by atoms with Gasteiger partial charge in [-0.25, -0.2) is 9.79 Å². The molecule has 0 aliphatic carbocycles. The fraction of sp³-hybridized carbons (Fsp3) is 0.269. The van der Waals surface area contributed by atoms with Crippen molar-refractivity contribution >= 4 is 34.5 Å². The maximum Gasteiger partial charge on any atom is 0.338 e. The molecule has 1 atom stereocenters. The van der Waals surface area contributed by atoms with Gasteiger partial charge in [0.25, 0.3) is 0 Å². The molecule has 0 saturated carbocycles. The van der Waals surface area contributed by atoms with Gasteiger partial charge in [-0.15, -0.1) is 0 Å². The molecule has 0 radical (unpaired) electrons. The number of fused-ring (bicyclic) bond motifs is 1. The van der Waals surface area contributed by atoms with Crippen molar-refractivity contribution in [3.8, 4) is 0 Å². The smallest absolute Gasteiger partial charge is 0.338 e. The molecule has 0 bridgehead atoms.